The van der Waals surface area contributed by atoms with Crippen LogP contribution in [0.15, 0.2) is 73.1 Å². The third-order valence-electron chi connectivity index (χ3n) is 7.15. The second-order valence-electron chi connectivity index (χ2n) is 9.88. The van der Waals surface area contributed by atoms with E-state index in [-0.39, 0.29) is 24.7 Å². The number of likely N-dealkylation sites (tertiary alicyclic amines) is 1. The fourth-order valence-corrected chi connectivity index (χ4v) is 5.04. The van der Waals surface area contributed by atoms with Crippen LogP contribution in [0.1, 0.15) is 70.7 Å². The van der Waals surface area contributed by atoms with Gasteiger partial charge in [-0.05, 0) is 54.8 Å². The van der Waals surface area contributed by atoms with Crippen LogP contribution < -0.4 is 5.32 Å². The van der Waals surface area contributed by atoms with Gasteiger partial charge in [-0.2, -0.15) is 0 Å². The highest BCUT2D eigenvalue weighted by Gasteiger charge is 2.33. The second kappa shape index (κ2) is 12.4. The van der Waals surface area contributed by atoms with E-state index in [0.717, 1.165) is 48.3 Å². The van der Waals surface area contributed by atoms with Crippen molar-refractivity contribution in [2.75, 3.05) is 19.6 Å². The molecule has 2 aliphatic heterocycles. The van der Waals surface area contributed by atoms with E-state index in [2.05, 4.69) is 15.2 Å². The van der Waals surface area contributed by atoms with E-state index in [0.29, 0.717) is 12.1 Å². The number of aromatic nitrogens is 1. The van der Waals surface area contributed by atoms with Crippen LogP contribution >= 0.6 is 0 Å². The summed E-state index contributed by atoms with van der Waals surface area (Å²) in [6.45, 7) is 3.62. The van der Waals surface area contributed by atoms with E-state index in [1.807, 2.05) is 48.5 Å². The summed E-state index contributed by atoms with van der Waals surface area (Å²) < 4.78 is 13.0. The highest BCUT2D eigenvalue weighted by Crippen LogP contribution is 2.38. The molecule has 3 aromatic rings. The summed E-state index contributed by atoms with van der Waals surface area (Å²) in [4.78, 5) is 18.8. The molecular weight excluding hydrogens is 466 g/mol. The average molecular weight is 502 g/mol. The number of benzene rings is 2. The summed E-state index contributed by atoms with van der Waals surface area (Å²) in [5.41, 5.74) is 4.49. The zero-order valence-electron chi connectivity index (χ0n) is 21.1. The number of nitrogens with one attached hydrogen (secondary N) is 1. The van der Waals surface area contributed by atoms with Gasteiger partial charge in [0.1, 0.15) is 0 Å². The summed E-state index contributed by atoms with van der Waals surface area (Å²) in [5, 5.41) is 12.4. The predicted octanol–water partition coefficient (Wildman–Crippen LogP) is 4.54. The Labute approximate surface area is 218 Å². The molecule has 5 rings (SSSR count). The molecule has 0 bridgehead atoms. The Morgan fingerprint density at radius 2 is 1.68 bits per heavy atom. The first kappa shape index (κ1) is 25.5. The van der Waals surface area contributed by atoms with Crippen molar-refractivity contribution in [3.8, 4) is 0 Å². The number of rotatable bonds is 8. The van der Waals surface area contributed by atoms with Gasteiger partial charge in [-0.25, -0.2) is 0 Å². The molecule has 3 heterocycles. The molecule has 7 heteroatoms. The molecule has 1 amide bonds. The van der Waals surface area contributed by atoms with Crippen molar-refractivity contribution in [3.05, 3.63) is 101 Å². The number of hydrogen-bond acceptors (Lipinski definition) is 6. The summed E-state index contributed by atoms with van der Waals surface area (Å²) in [6.07, 6.45) is 7.32. The molecule has 2 N–H and O–H groups in total. The van der Waals surface area contributed by atoms with Crippen LogP contribution in [0.5, 0.6) is 0 Å². The lowest BCUT2D eigenvalue weighted by molar-refractivity contribution is -0.253. The monoisotopic (exact) mass is 501 g/mol. The molecule has 0 spiro atoms. The molecule has 194 valence electrons. The number of hydrogen-bond donors (Lipinski definition) is 2. The van der Waals surface area contributed by atoms with Crippen LogP contribution in [0.4, 0.5) is 0 Å². The first-order valence-corrected chi connectivity index (χ1v) is 13.2. The largest absolute Gasteiger partial charge is 0.392 e. The average Bonchev–Trinajstić information content (AvgIpc) is 2.97. The zero-order valence-corrected chi connectivity index (χ0v) is 21.1. The van der Waals surface area contributed by atoms with Gasteiger partial charge in [0.2, 0.25) is 0 Å². The van der Waals surface area contributed by atoms with E-state index in [1.165, 1.54) is 19.3 Å². The van der Waals surface area contributed by atoms with Crippen LogP contribution in [0.3, 0.4) is 0 Å². The van der Waals surface area contributed by atoms with Crippen molar-refractivity contribution >= 4 is 5.91 Å². The number of carbonyl (C=O) groups excluding carboxylic acids is 1. The van der Waals surface area contributed by atoms with Gasteiger partial charge in [0.05, 0.1) is 24.4 Å². The third kappa shape index (κ3) is 6.81. The minimum absolute atomic E-state index is 0.0319. The van der Waals surface area contributed by atoms with Crippen LogP contribution in [-0.2, 0) is 22.6 Å². The molecule has 1 aromatic heterocycles. The van der Waals surface area contributed by atoms with E-state index in [1.54, 1.807) is 24.5 Å². The van der Waals surface area contributed by atoms with Gasteiger partial charge < -0.3 is 24.8 Å². The van der Waals surface area contributed by atoms with Crippen molar-refractivity contribution in [3.63, 3.8) is 0 Å². The minimum atomic E-state index is -0.468. The van der Waals surface area contributed by atoms with E-state index < -0.39 is 6.29 Å². The van der Waals surface area contributed by atoms with Gasteiger partial charge in [0, 0.05) is 37.5 Å². The number of aliphatic hydroxyl groups is 1. The molecule has 2 saturated heterocycles. The second-order valence-corrected chi connectivity index (χ2v) is 9.88. The van der Waals surface area contributed by atoms with Gasteiger partial charge >= 0.3 is 0 Å². The molecule has 2 fully saturated rings. The van der Waals surface area contributed by atoms with Gasteiger partial charge in [0.25, 0.3) is 5.91 Å². The highest BCUT2D eigenvalue weighted by molar-refractivity contribution is 5.93. The number of aliphatic hydroxyl groups excluding tert-OH is 1. The van der Waals surface area contributed by atoms with E-state index in [9.17, 15) is 9.90 Å². The number of ether oxygens (including phenoxy) is 2. The Bertz CT molecular complexity index is 1130. The highest BCUT2D eigenvalue weighted by atomic mass is 16.7. The lowest BCUT2D eigenvalue weighted by atomic mass is 9.99. The Morgan fingerprint density at radius 3 is 2.38 bits per heavy atom. The fourth-order valence-electron chi connectivity index (χ4n) is 5.04. The van der Waals surface area contributed by atoms with Gasteiger partial charge in [-0.1, -0.05) is 55.0 Å². The maximum Gasteiger partial charge on any atom is 0.253 e. The first-order chi connectivity index (χ1) is 18.2. The van der Waals surface area contributed by atoms with Crippen LogP contribution in [0.25, 0.3) is 0 Å². The van der Waals surface area contributed by atoms with Crippen molar-refractivity contribution in [2.45, 2.75) is 57.3 Å². The van der Waals surface area contributed by atoms with Crippen LogP contribution in [0, 0.1) is 0 Å². The van der Waals surface area contributed by atoms with Crippen molar-refractivity contribution in [1.82, 2.24) is 15.2 Å². The predicted molar refractivity (Wildman–Crippen MR) is 141 cm³/mol. The summed E-state index contributed by atoms with van der Waals surface area (Å²) in [5.74, 6) is -0.147. The van der Waals surface area contributed by atoms with Gasteiger partial charge in [0.15, 0.2) is 6.29 Å². The molecule has 0 unspecified atom stereocenters. The SMILES string of the molecule is O=C(NCc1ccc([C@H]2O[C@@H](CN3CCCCC3)C[C@@H](c3ccc(CO)cc3)O2)cc1)c1cccnc1. The number of piperidine rings is 1. The van der Waals surface area contributed by atoms with Crippen molar-refractivity contribution in [1.29, 1.82) is 0 Å². The topological polar surface area (TPSA) is 83.9 Å². The number of amides is 1. The zero-order chi connectivity index (χ0) is 25.5. The van der Waals surface area contributed by atoms with Crippen LogP contribution in [-0.4, -0.2) is 46.6 Å². The molecule has 2 aliphatic rings. The number of nitrogens with zero attached hydrogens (tertiary/aromatic N) is 2. The number of pyridine rings is 1. The first-order valence-electron chi connectivity index (χ1n) is 13.2. The molecular formula is C30H35N3O4. The Morgan fingerprint density at radius 1 is 0.946 bits per heavy atom. The lowest BCUT2D eigenvalue weighted by Gasteiger charge is -2.39. The Balaban J connectivity index is 1.26. The normalized spacial score (nSPS) is 22.5. The fraction of sp³-hybridized carbons (Fsp3) is 0.400. The molecule has 0 saturated carbocycles. The summed E-state index contributed by atoms with van der Waals surface area (Å²) >= 11 is 0. The third-order valence-corrected chi connectivity index (χ3v) is 7.15. The van der Waals surface area contributed by atoms with Crippen molar-refractivity contribution in [2.24, 2.45) is 0 Å². The molecule has 0 radical (unpaired) electrons. The van der Waals surface area contributed by atoms with E-state index in [4.69, 9.17) is 9.47 Å². The summed E-state index contributed by atoms with van der Waals surface area (Å²) in [6, 6.07) is 19.6. The minimum Gasteiger partial charge on any atom is -0.392 e. The number of carbonyl (C=O) groups is 1. The maximum atomic E-state index is 12.3. The Hall–Kier alpha value is -3.10. The van der Waals surface area contributed by atoms with Gasteiger partial charge in [-0.15, -0.1) is 0 Å². The molecule has 7 nitrogen and oxygen atoms in total. The molecule has 2 aromatic carbocycles. The smallest absolute Gasteiger partial charge is 0.253 e. The molecule has 0 aliphatic carbocycles. The summed E-state index contributed by atoms with van der Waals surface area (Å²) in [7, 11) is 0. The van der Waals surface area contributed by atoms with E-state index >= 15 is 0 Å². The molecule has 37 heavy (non-hydrogen) atoms. The maximum absolute atomic E-state index is 12.3. The lowest BCUT2D eigenvalue weighted by Crippen LogP contribution is -2.41. The molecule has 3 atom stereocenters. The Kier molecular flexibility index (Phi) is 8.58. The van der Waals surface area contributed by atoms with Crippen LogP contribution in [0.2, 0.25) is 0 Å². The quantitative estimate of drug-likeness (QED) is 0.472. The standard InChI is InChI=1S/C30H35N3O4/c34-21-23-8-10-24(11-9-23)28-17-27(20-33-15-2-1-3-16-33)36-30(37-28)25-12-6-22(7-13-25)18-32-29(35)26-5-4-14-31-19-26/h4-14,19,27-28,30,34H,1-3,15-18,20-21H2,(H,32,35)/t27-,28+,30+/m1/s1. The van der Waals surface area contributed by atoms with Crippen molar-refractivity contribution < 1.29 is 19.4 Å². The van der Waals surface area contributed by atoms with Gasteiger partial charge in [-0.3, -0.25) is 9.78 Å².